The molecule has 0 spiro atoms. The van der Waals surface area contributed by atoms with Gasteiger partial charge in [0, 0.05) is 10.5 Å². The number of carbonyl (C=O) groups is 3. The first-order chi connectivity index (χ1) is 16.5. The second kappa shape index (κ2) is 10.9. The Hall–Kier alpha value is -3.13. The molecule has 34 heavy (non-hydrogen) atoms. The Kier molecular flexibility index (Phi) is 7.67. The lowest BCUT2D eigenvalue weighted by Crippen LogP contribution is -2.58. The molecule has 178 valence electrons. The molecule has 2 aliphatic rings. The number of benzene rings is 2. The Morgan fingerprint density at radius 1 is 1.03 bits per heavy atom. The van der Waals surface area contributed by atoms with Crippen molar-refractivity contribution in [2.45, 2.75) is 51.7 Å². The van der Waals surface area contributed by atoms with Gasteiger partial charge in [0.15, 0.2) is 11.5 Å². The Labute approximate surface area is 207 Å². The number of ether oxygens (including phenoxy) is 2. The molecule has 1 heterocycles. The molecule has 0 atom stereocenters. The highest BCUT2D eigenvalue weighted by Gasteiger charge is 2.40. The smallest absolute Gasteiger partial charge is 0.331 e. The van der Waals surface area contributed by atoms with Gasteiger partial charge >= 0.3 is 6.03 Å². The van der Waals surface area contributed by atoms with Crippen molar-refractivity contribution in [3.8, 4) is 11.5 Å². The van der Waals surface area contributed by atoms with E-state index >= 15 is 0 Å². The van der Waals surface area contributed by atoms with Crippen LogP contribution in [0, 0.1) is 0 Å². The zero-order chi connectivity index (χ0) is 24.1. The lowest BCUT2D eigenvalue weighted by Gasteiger charge is -2.35. The Morgan fingerprint density at radius 2 is 1.74 bits per heavy atom. The van der Waals surface area contributed by atoms with Crippen LogP contribution in [0.3, 0.4) is 0 Å². The number of hydrogen-bond acceptors (Lipinski definition) is 5. The summed E-state index contributed by atoms with van der Waals surface area (Å²) < 4.78 is 12.4. The predicted octanol–water partition coefficient (Wildman–Crippen LogP) is 5.22. The Balaban J connectivity index is 1.62. The van der Waals surface area contributed by atoms with Gasteiger partial charge in [-0.3, -0.25) is 19.8 Å². The molecule has 4 amide bonds. The van der Waals surface area contributed by atoms with E-state index in [4.69, 9.17) is 9.47 Å². The van der Waals surface area contributed by atoms with E-state index in [9.17, 15) is 14.4 Å². The highest BCUT2D eigenvalue weighted by atomic mass is 79.9. The molecule has 0 unspecified atom stereocenters. The maximum absolute atomic E-state index is 13.2. The molecule has 2 aromatic rings. The summed E-state index contributed by atoms with van der Waals surface area (Å²) in [6.07, 6.45) is 6.02. The maximum atomic E-state index is 13.2. The van der Waals surface area contributed by atoms with E-state index < -0.39 is 17.8 Å². The van der Waals surface area contributed by atoms with Crippen LogP contribution in [-0.2, 0) is 16.2 Å². The van der Waals surface area contributed by atoms with Gasteiger partial charge in [0.05, 0.1) is 6.61 Å². The third-order valence-electron chi connectivity index (χ3n) is 5.97. The summed E-state index contributed by atoms with van der Waals surface area (Å²) in [4.78, 5) is 39.4. The number of urea groups is 1. The van der Waals surface area contributed by atoms with Crippen LogP contribution in [0.1, 0.15) is 50.2 Å². The third kappa shape index (κ3) is 5.33. The van der Waals surface area contributed by atoms with Gasteiger partial charge in [-0.15, -0.1) is 0 Å². The first-order valence-corrected chi connectivity index (χ1v) is 12.3. The Bertz CT molecular complexity index is 1110. The van der Waals surface area contributed by atoms with Crippen LogP contribution in [-0.4, -0.2) is 35.4 Å². The van der Waals surface area contributed by atoms with Crippen molar-refractivity contribution < 1.29 is 23.9 Å². The lowest BCUT2D eigenvalue weighted by atomic mass is 9.93. The second-order valence-corrected chi connectivity index (χ2v) is 9.17. The van der Waals surface area contributed by atoms with Crippen LogP contribution < -0.4 is 14.8 Å². The molecule has 1 aliphatic carbocycles. The van der Waals surface area contributed by atoms with Crippen molar-refractivity contribution in [1.82, 2.24) is 10.2 Å². The molecular formula is C26H27BrN2O5. The molecule has 1 saturated heterocycles. The van der Waals surface area contributed by atoms with Crippen LogP contribution in [0.25, 0.3) is 6.08 Å². The van der Waals surface area contributed by atoms with Crippen LogP contribution >= 0.6 is 15.9 Å². The van der Waals surface area contributed by atoms with Crippen LogP contribution in [0.15, 0.2) is 52.5 Å². The fraction of sp³-hybridized carbons (Fsp3) is 0.346. The summed E-state index contributed by atoms with van der Waals surface area (Å²) >= 11 is 3.53. The molecule has 1 aliphatic heterocycles. The van der Waals surface area contributed by atoms with Crippen molar-refractivity contribution in [2.24, 2.45) is 0 Å². The number of carbonyl (C=O) groups excluding carboxylic acids is 3. The third-order valence-corrected chi connectivity index (χ3v) is 6.66. The second-order valence-electron chi connectivity index (χ2n) is 8.31. The topological polar surface area (TPSA) is 84.9 Å². The summed E-state index contributed by atoms with van der Waals surface area (Å²) in [5.41, 5.74) is 1.52. The van der Waals surface area contributed by atoms with Crippen molar-refractivity contribution in [3.05, 3.63) is 63.6 Å². The van der Waals surface area contributed by atoms with Crippen LogP contribution in [0.5, 0.6) is 11.5 Å². The summed E-state index contributed by atoms with van der Waals surface area (Å²) in [5.74, 6) is -0.221. The number of barbiturate groups is 1. The van der Waals surface area contributed by atoms with Crippen LogP contribution in [0.4, 0.5) is 4.79 Å². The predicted molar refractivity (Wildman–Crippen MR) is 131 cm³/mol. The fourth-order valence-corrected chi connectivity index (χ4v) is 4.71. The number of nitrogens with zero attached hydrogens (tertiary/aromatic N) is 1. The van der Waals surface area contributed by atoms with E-state index in [0.717, 1.165) is 37.7 Å². The fourth-order valence-electron chi connectivity index (χ4n) is 4.28. The Morgan fingerprint density at radius 3 is 2.44 bits per heavy atom. The average molecular weight is 527 g/mol. The number of amides is 4. The van der Waals surface area contributed by atoms with Gasteiger partial charge in [0.1, 0.15) is 12.2 Å². The first-order valence-electron chi connectivity index (χ1n) is 11.5. The standard InChI is InChI=1S/C26H27BrN2O5/c1-2-33-22-14-18(21(27)15-23(22)34-16-17-9-5-3-6-10-17)13-20-24(30)28-26(32)29(25(20)31)19-11-7-4-8-12-19/h3,5-6,9-10,13-15,19H,2,4,7-8,11-12,16H2,1H3,(H,28,30,32). The van der Waals surface area contributed by atoms with E-state index in [1.165, 1.54) is 11.0 Å². The average Bonchev–Trinajstić information content (AvgIpc) is 2.83. The summed E-state index contributed by atoms with van der Waals surface area (Å²) in [6, 6.07) is 12.4. The number of nitrogens with one attached hydrogen (secondary N) is 1. The zero-order valence-electron chi connectivity index (χ0n) is 19.0. The van der Waals surface area contributed by atoms with Crippen molar-refractivity contribution in [1.29, 1.82) is 0 Å². The van der Waals surface area contributed by atoms with E-state index in [-0.39, 0.29) is 11.6 Å². The van der Waals surface area contributed by atoms with Gasteiger partial charge in [0.2, 0.25) is 0 Å². The van der Waals surface area contributed by atoms with Gasteiger partial charge in [-0.25, -0.2) is 4.79 Å². The molecule has 1 N–H and O–H groups in total. The van der Waals surface area contributed by atoms with Crippen molar-refractivity contribution in [2.75, 3.05) is 6.61 Å². The minimum atomic E-state index is -0.698. The largest absolute Gasteiger partial charge is 0.490 e. The van der Waals surface area contributed by atoms with Crippen molar-refractivity contribution in [3.63, 3.8) is 0 Å². The quantitative estimate of drug-likeness (QED) is 0.394. The van der Waals surface area contributed by atoms with Crippen molar-refractivity contribution >= 4 is 39.9 Å². The molecule has 8 heteroatoms. The monoisotopic (exact) mass is 526 g/mol. The summed E-state index contributed by atoms with van der Waals surface area (Å²) in [7, 11) is 0. The van der Waals surface area contributed by atoms with E-state index in [2.05, 4.69) is 21.2 Å². The number of hydrogen-bond donors (Lipinski definition) is 1. The molecule has 7 nitrogen and oxygen atoms in total. The molecule has 0 bridgehead atoms. The van der Waals surface area contributed by atoms with Gasteiger partial charge in [-0.1, -0.05) is 65.5 Å². The minimum Gasteiger partial charge on any atom is -0.490 e. The SMILES string of the molecule is CCOc1cc(C=C2C(=O)NC(=O)N(C3CCCCC3)C2=O)c(Br)cc1OCc1ccccc1. The summed E-state index contributed by atoms with van der Waals surface area (Å²) in [5, 5.41) is 2.32. The number of halogens is 1. The minimum absolute atomic E-state index is 0.0775. The van der Waals surface area contributed by atoms with E-state index in [1.54, 1.807) is 12.1 Å². The molecule has 4 rings (SSSR count). The molecular weight excluding hydrogens is 500 g/mol. The summed E-state index contributed by atoms with van der Waals surface area (Å²) in [6.45, 7) is 2.66. The van der Waals surface area contributed by atoms with E-state index in [0.29, 0.717) is 34.7 Å². The van der Waals surface area contributed by atoms with Gasteiger partial charge in [-0.05, 0) is 49.1 Å². The maximum Gasteiger partial charge on any atom is 0.331 e. The lowest BCUT2D eigenvalue weighted by molar-refractivity contribution is -0.132. The molecule has 1 saturated carbocycles. The molecule has 0 radical (unpaired) electrons. The zero-order valence-corrected chi connectivity index (χ0v) is 20.6. The van der Waals surface area contributed by atoms with Gasteiger partial charge in [0.25, 0.3) is 11.8 Å². The first kappa shape index (κ1) is 24.0. The van der Waals surface area contributed by atoms with Gasteiger partial charge in [-0.2, -0.15) is 0 Å². The molecule has 0 aromatic heterocycles. The molecule has 2 fully saturated rings. The normalized spacial score (nSPS) is 18.2. The number of imide groups is 2. The highest BCUT2D eigenvalue weighted by Crippen LogP contribution is 2.36. The van der Waals surface area contributed by atoms with Crippen LogP contribution in [0.2, 0.25) is 0 Å². The van der Waals surface area contributed by atoms with E-state index in [1.807, 2.05) is 37.3 Å². The number of rotatable bonds is 7. The molecule has 2 aromatic carbocycles. The van der Waals surface area contributed by atoms with Gasteiger partial charge < -0.3 is 9.47 Å². The highest BCUT2D eigenvalue weighted by molar-refractivity contribution is 9.10.